The van der Waals surface area contributed by atoms with Crippen molar-refractivity contribution in [1.82, 2.24) is 0 Å². The van der Waals surface area contributed by atoms with E-state index in [0.29, 0.717) is 5.92 Å². The molecule has 1 nitrogen and oxygen atoms in total. The van der Waals surface area contributed by atoms with Gasteiger partial charge >= 0.3 is 0 Å². The summed E-state index contributed by atoms with van der Waals surface area (Å²) in [6, 6.07) is 17.3. The third-order valence-corrected chi connectivity index (χ3v) is 5.67. The lowest BCUT2D eigenvalue weighted by Crippen LogP contribution is -2.31. The quantitative estimate of drug-likeness (QED) is 0.694. The van der Waals surface area contributed by atoms with E-state index in [1.807, 2.05) is 0 Å². The maximum absolute atomic E-state index is 6.64. The van der Waals surface area contributed by atoms with E-state index in [-0.39, 0.29) is 0 Å². The number of rotatable bonds is 2. The summed E-state index contributed by atoms with van der Waals surface area (Å²) in [7, 11) is 0. The first-order valence-corrected chi connectivity index (χ1v) is 9.12. The first-order valence-electron chi connectivity index (χ1n) is 8.75. The smallest absolute Gasteiger partial charge is 0.160 e. The molecule has 2 aliphatic rings. The SMILES string of the molecule is Clc1cccc2c1C(Cc1ccccc1)C(=[N+]1CCCC1)CC2. The van der Waals surface area contributed by atoms with Crippen molar-refractivity contribution in [3.8, 4) is 0 Å². The van der Waals surface area contributed by atoms with Crippen molar-refractivity contribution in [3.63, 3.8) is 0 Å². The number of aryl methyl sites for hydroxylation is 1. The summed E-state index contributed by atoms with van der Waals surface area (Å²) in [5, 5.41) is 0.944. The average molecular weight is 325 g/mol. The average Bonchev–Trinajstić information content (AvgIpc) is 3.10. The molecule has 4 rings (SSSR count). The van der Waals surface area contributed by atoms with Crippen LogP contribution in [0.5, 0.6) is 0 Å². The summed E-state index contributed by atoms with van der Waals surface area (Å²) in [5.41, 5.74) is 5.85. The Balaban J connectivity index is 1.80. The van der Waals surface area contributed by atoms with Gasteiger partial charge in [-0.25, -0.2) is 4.58 Å². The molecule has 118 valence electrons. The van der Waals surface area contributed by atoms with Crippen LogP contribution in [0, 0.1) is 0 Å². The maximum Gasteiger partial charge on any atom is 0.160 e. The van der Waals surface area contributed by atoms with E-state index in [9.17, 15) is 0 Å². The van der Waals surface area contributed by atoms with Crippen molar-refractivity contribution < 1.29 is 4.58 Å². The lowest BCUT2D eigenvalue weighted by Gasteiger charge is -2.27. The second-order valence-corrected chi connectivity index (χ2v) is 7.15. The van der Waals surface area contributed by atoms with Gasteiger partial charge in [-0.15, -0.1) is 0 Å². The minimum absolute atomic E-state index is 0.438. The van der Waals surface area contributed by atoms with E-state index in [0.717, 1.165) is 17.9 Å². The fourth-order valence-electron chi connectivity index (χ4n) is 4.25. The van der Waals surface area contributed by atoms with Crippen molar-refractivity contribution in [2.45, 2.75) is 38.0 Å². The van der Waals surface area contributed by atoms with Crippen LogP contribution in [0.25, 0.3) is 0 Å². The molecule has 0 bridgehead atoms. The molecule has 2 heteroatoms. The van der Waals surface area contributed by atoms with Crippen LogP contribution in [-0.2, 0) is 12.8 Å². The predicted molar refractivity (Wildman–Crippen MR) is 96.9 cm³/mol. The molecule has 0 N–H and O–H groups in total. The van der Waals surface area contributed by atoms with E-state index < -0.39 is 0 Å². The molecule has 1 heterocycles. The Morgan fingerprint density at radius 1 is 0.913 bits per heavy atom. The minimum atomic E-state index is 0.438. The maximum atomic E-state index is 6.64. The zero-order valence-corrected chi connectivity index (χ0v) is 14.2. The zero-order valence-electron chi connectivity index (χ0n) is 13.5. The van der Waals surface area contributed by atoms with Gasteiger partial charge in [0.05, 0.1) is 5.92 Å². The normalized spacial score (nSPS) is 20.7. The van der Waals surface area contributed by atoms with Crippen LogP contribution in [0.4, 0.5) is 0 Å². The molecule has 1 saturated heterocycles. The first kappa shape index (κ1) is 15.0. The summed E-state index contributed by atoms with van der Waals surface area (Å²) < 4.78 is 2.64. The van der Waals surface area contributed by atoms with Crippen LogP contribution < -0.4 is 0 Å². The van der Waals surface area contributed by atoms with Crippen LogP contribution in [0.15, 0.2) is 48.5 Å². The number of benzene rings is 2. The molecule has 0 spiro atoms. The molecule has 1 atom stereocenters. The molecule has 2 aromatic carbocycles. The molecule has 0 amide bonds. The van der Waals surface area contributed by atoms with Crippen LogP contribution >= 0.6 is 11.6 Å². The zero-order chi connectivity index (χ0) is 15.6. The summed E-state index contributed by atoms with van der Waals surface area (Å²) in [4.78, 5) is 0. The van der Waals surface area contributed by atoms with Crippen LogP contribution in [0.1, 0.15) is 41.9 Å². The number of nitrogens with zero attached hydrogens (tertiary/aromatic N) is 1. The lowest BCUT2D eigenvalue weighted by molar-refractivity contribution is -0.509. The van der Waals surface area contributed by atoms with Gasteiger partial charge in [0.1, 0.15) is 13.1 Å². The molecule has 1 unspecified atom stereocenters. The minimum Gasteiger partial charge on any atom is -0.236 e. The largest absolute Gasteiger partial charge is 0.236 e. The summed E-state index contributed by atoms with van der Waals surface area (Å²) in [6.45, 7) is 2.45. The molecule has 0 radical (unpaired) electrons. The number of fused-ring (bicyclic) bond motifs is 1. The van der Waals surface area contributed by atoms with Gasteiger partial charge in [0.15, 0.2) is 5.71 Å². The predicted octanol–water partition coefficient (Wildman–Crippen LogP) is 4.86. The first-order chi connectivity index (χ1) is 11.3. The second kappa shape index (κ2) is 6.49. The van der Waals surface area contributed by atoms with E-state index in [4.69, 9.17) is 11.6 Å². The Bertz CT molecular complexity index is 725. The molecule has 1 aliphatic carbocycles. The number of halogens is 1. The molecule has 2 aromatic rings. The topological polar surface area (TPSA) is 3.01 Å². The highest BCUT2D eigenvalue weighted by Crippen LogP contribution is 2.37. The Kier molecular flexibility index (Phi) is 4.22. The Morgan fingerprint density at radius 3 is 2.48 bits per heavy atom. The highest BCUT2D eigenvalue weighted by atomic mass is 35.5. The van der Waals surface area contributed by atoms with Gasteiger partial charge in [0, 0.05) is 24.3 Å². The van der Waals surface area contributed by atoms with Crippen LogP contribution in [0.3, 0.4) is 0 Å². The highest BCUT2D eigenvalue weighted by Gasteiger charge is 2.34. The van der Waals surface area contributed by atoms with Crippen molar-refractivity contribution in [3.05, 3.63) is 70.2 Å². The fourth-order valence-corrected chi connectivity index (χ4v) is 4.57. The van der Waals surface area contributed by atoms with Crippen LogP contribution in [-0.4, -0.2) is 23.4 Å². The molecule has 0 aromatic heterocycles. The third kappa shape index (κ3) is 2.95. The van der Waals surface area contributed by atoms with Crippen LogP contribution in [0.2, 0.25) is 5.02 Å². The lowest BCUT2D eigenvalue weighted by atomic mass is 9.78. The molecule has 23 heavy (non-hydrogen) atoms. The van der Waals surface area contributed by atoms with E-state index in [1.54, 1.807) is 5.71 Å². The van der Waals surface area contributed by atoms with Gasteiger partial charge < -0.3 is 0 Å². The fraction of sp³-hybridized carbons (Fsp3) is 0.381. The van der Waals surface area contributed by atoms with Crippen molar-refractivity contribution >= 4 is 17.3 Å². The van der Waals surface area contributed by atoms with E-state index >= 15 is 0 Å². The molecular formula is C21H23ClN+. The van der Waals surface area contributed by atoms with Crippen molar-refractivity contribution in [2.24, 2.45) is 0 Å². The van der Waals surface area contributed by atoms with Gasteiger partial charge in [-0.1, -0.05) is 54.1 Å². The van der Waals surface area contributed by atoms with Gasteiger partial charge in [0.25, 0.3) is 0 Å². The standard InChI is InChI=1S/C21H23ClN/c22-19-10-6-9-17-11-12-20(23-13-4-5-14-23)18(21(17)19)15-16-7-2-1-3-8-16/h1-3,6-10,18H,4-5,11-15H2/q+1. The van der Waals surface area contributed by atoms with E-state index in [2.05, 4.69) is 53.1 Å². The van der Waals surface area contributed by atoms with Gasteiger partial charge in [0.2, 0.25) is 0 Å². The Labute approximate surface area is 143 Å². The second-order valence-electron chi connectivity index (χ2n) is 6.74. The molecule has 1 aliphatic heterocycles. The third-order valence-electron chi connectivity index (χ3n) is 5.34. The van der Waals surface area contributed by atoms with Gasteiger partial charge in [-0.3, -0.25) is 0 Å². The van der Waals surface area contributed by atoms with E-state index in [1.165, 1.54) is 49.0 Å². The van der Waals surface area contributed by atoms with Gasteiger partial charge in [-0.05, 0) is 35.6 Å². The highest BCUT2D eigenvalue weighted by molar-refractivity contribution is 6.31. The monoisotopic (exact) mass is 324 g/mol. The summed E-state index contributed by atoms with van der Waals surface area (Å²) in [6.07, 6.45) is 6.04. The number of hydrogen-bond donors (Lipinski definition) is 0. The summed E-state index contributed by atoms with van der Waals surface area (Å²) in [5.74, 6) is 0.438. The Morgan fingerprint density at radius 2 is 1.70 bits per heavy atom. The summed E-state index contributed by atoms with van der Waals surface area (Å²) >= 11 is 6.64. The number of hydrogen-bond acceptors (Lipinski definition) is 0. The van der Waals surface area contributed by atoms with Gasteiger partial charge in [-0.2, -0.15) is 0 Å². The molecule has 0 saturated carbocycles. The Hall–Kier alpha value is -1.60. The van der Waals surface area contributed by atoms with Crippen molar-refractivity contribution in [2.75, 3.05) is 13.1 Å². The molecule has 1 fully saturated rings. The van der Waals surface area contributed by atoms with Crippen molar-refractivity contribution in [1.29, 1.82) is 0 Å². The molecular weight excluding hydrogens is 302 g/mol.